The molecule has 2 aromatic heterocycles. The van der Waals surface area contributed by atoms with Crippen molar-refractivity contribution in [3.63, 3.8) is 0 Å². The summed E-state index contributed by atoms with van der Waals surface area (Å²) in [6, 6.07) is 2.60. The molecule has 6 heterocycles. The lowest BCUT2D eigenvalue weighted by Gasteiger charge is -2.33. The lowest BCUT2D eigenvalue weighted by Crippen LogP contribution is -2.43. The van der Waals surface area contributed by atoms with Crippen molar-refractivity contribution >= 4 is 17.4 Å². The van der Waals surface area contributed by atoms with Gasteiger partial charge < -0.3 is 25.0 Å². The Morgan fingerprint density at radius 2 is 2.00 bits per heavy atom. The lowest BCUT2D eigenvalue weighted by molar-refractivity contribution is -0.140. The Hall–Kier alpha value is -4.49. The normalized spacial score (nSPS) is 23.2. The molecular formula is C35H39F5N8O3. The highest BCUT2D eigenvalue weighted by molar-refractivity contribution is 5.92. The molecule has 2 N–H and O–H groups in total. The number of rotatable bonds is 6. The van der Waals surface area contributed by atoms with Crippen LogP contribution < -0.4 is 15.4 Å². The molecule has 4 aliphatic rings. The summed E-state index contributed by atoms with van der Waals surface area (Å²) >= 11 is 0. The Labute approximate surface area is 291 Å². The number of carbonyl (C=O) groups is 1. The molecule has 51 heavy (non-hydrogen) atoms. The van der Waals surface area contributed by atoms with Gasteiger partial charge in [-0.1, -0.05) is 5.92 Å². The van der Waals surface area contributed by atoms with E-state index in [-0.39, 0.29) is 31.6 Å². The molecule has 1 aromatic carbocycles. The number of nitrogen functional groups attached to an aromatic ring is 1. The maximum absolute atomic E-state index is 15.7. The predicted molar refractivity (Wildman–Crippen MR) is 176 cm³/mol. The largest absolute Gasteiger partial charge is 0.461 e. The number of amides is 1. The first kappa shape index (κ1) is 34.9. The SMILES string of the molecule is CC#Cc1cc(N)c(F)c([C@@H]2Cc3nc(OC[C@@]45CCCN4C[C@H](F)C5)nc(N4CCCn5nc(C(=O)N(C)C)cc5C4)c3CO2)c1C(F)(F)F. The predicted octanol–water partition coefficient (Wildman–Crippen LogP) is 4.67. The zero-order valence-corrected chi connectivity index (χ0v) is 28.6. The first-order valence-corrected chi connectivity index (χ1v) is 17.0. The summed E-state index contributed by atoms with van der Waals surface area (Å²) < 4.78 is 88.0. The van der Waals surface area contributed by atoms with Crippen LogP contribution in [0, 0.1) is 17.7 Å². The monoisotopic (exact) mass is 714 g/mol. The second-order valence-corrected chi connectivity index (χ2v) is 13.8. The quantitative estimate of drug-likeness (QED) is 0.221. The lowest BCUT2D eigenvalue weighted by atomic mass is 9.91. The van der Waals surface area contributed by atoms with Crippen molar-refractivity contribution < 1.29 is 36.2 Å². The highest BCUT2D eigenvalue weighted by Crippen LogP contribution is 2.45. The maximum atomic E-state index is 15.7. The number of benzene rings is 1. The molecule has 0 unspecified atom stereocenters. The van der Waals surface area contributed by atoms with Gasteiger partial charge >= 0.3 is 12.2 Å². The molecule has 1 amide bonds. The van der Waals surface area contributed by atoms with Gasteiger partial charge in [-0.2, -0.15) is 28.2 Å². The summed E-state index contributed by atoms with van der Waals surface area (Å²) in [6.07, 6.45) is -4.95. The van der Waals surface area contributed by atoms with E-state index in [4.69, 9.17) is 20.2 Å². The Balaban J connectivity index is 1.28. The number of aromatic nitrogens is 4. The minimum Gasteiger partial charge on any atom is -0.461 e. The topological polar surface area (TPSA) is 115 Å². The minimum atomic E-state index is -4.96. The van der Waals surface area contributed by atoms with Crippen LogP contribution in [0.15, 0.2) is 12.1 Å². The van der Waals surface area contributed by atoms with Gasteiger partial charge in [-0.05, 0) is 44.9 Å². The second kappa shape index (κ2) is 13.2. The molecule has 0 aliphatic carbocycles. The van der Waals surface area contributed by atoms with Crippen molar-refractivity contribution in [2.75, 3.05) is 51.0 Å². The van der Waals surface area contributed by atoms with Gasteiger partial charge in [0.15, 0.2) is 11.5 Å². The zero-order chi connectivity index (χ0) is 36.2. The summed E-state index contributed by atoms with van der Waals surface area (Å²) in [4.78, 5) is 27.7. The number of halogens is 5. The van der Waals surface area contributed by atoms with Gasteiger partial charge in [0, 0.05) is 63.3 Å². The number of aryl methyl sites for hydroxylation is 1. The number of alkyl halides is 4. The molecular weight excluding hydrogens is 675 g/mol. The third kappa shape index (κ3) is 6.46. The summed E-state index contributed by atoms with van der Waals surface area (Å²) in [5, 5.41) is 4.52. The van der Waals surface area contributed by atoms with Crippen molar-refractivity contribution in [1.82, 2.24) is 29.5 Å². The molecule has 0 spiro atoms. The Morgan fingerprint density at radius 1 is 1.20 bits per heavy atom. The number of hydrogen-bond acceptors (Lipinski definition) is 9. The third-order valence-corrected chi connectivity index (χ3v) is 10.2. The molecule has 272 valence electrons. The second-order valence-electron chi connectivity index (χ2n) is 13.8. The highest BCUT2D eigenvalue weighted by Gasteiger charge is 2.49. The van der Waals surface area contributed by atoms with Gasteiger partial charge in [0.1, 0.15) is 18.6 Å². The van der Waals surface area contributed by atoms with E-state index in [2.05, 4.69) is 26.8 Å². The molecule has 16 heteroatoms. The van der Waals surface area contributed by atoms with Crippen LogP contribution in [0.3, 0.4) is 0 Å². The molecule has 0 bridgehead atoms. The fourth-order valence-corrected chi connectivity index (χ4v) is 7.91. The molecule has 3 aromatic rings. The van der Waals surface area contributed by atoms with E-state index in [0.717, 1.165) is 31.1 Å². The van der Waals surface area contributed by atoms with Crippen LogP contribution in [-0.2, 0) is 37.0 Å². The summed E-state index contributed by atoms with van der Waals surface area (Å²) in [7, 11) is 3.30. The van der Waals surface area contributed by atoms with Crippen LogP contribution in [0.25, 0.3) is 0 Å². The Bertz CT molecular complexity index is 1920. The Kier molecular flexibility index (Phi) is 9.07. The molecule has 7 rings (SSSR count). The molecule has 11 nitrogen and oxygen atoms in total. The Morgan fingerprint density at radius 3 is 2.75 bits per heavy atom. The fraction of sp³-hybridized carbons (Fsp3) is 0.543. The summed E-state index contributed by atoms with van der Waals surface area (Å²) in [5.41, 5.74) is 4.40. The number of ether oxygens (including phenoxy) is 2. The summed E-state index contributed by atoms with van der Waals surface area (Å²) in [5.74, 6) is 3.85. The van der Waals surface area contributed by atoms with Gasteiger partial charge in [0.2, 0.25) is 0 Å². The van der Waals surface area contributed by atoms with Crippen molar-refractivity contribution in [1.29, 1.82) is 0 Å². The van der Waals surface area contributed by atoms with Crippen LogP contribution in [0.5, 0.6) is 6.01 Å². The van der Waals surface area contributed by atoms with Crippen molar-refractivity contribution in [3.8, 4) is 17.9 Å². The van der Waals surface area contributed by atoms with Crippen molar-refractivity contribution in [3.05, 3.63) is 57.3 Å². The van der Waals surface area contributed by atoms with Crippen molar-refractivity contribution in [2.24, 2.45) is 0 Å². The first-order chi connectivity index (χ1) is 24.3. The van der Waals surface area contributed by atoms with Crippen LogP contribution in [0.1, 0.15) is 82.8 Å². The molecule has 4 aliphatic heterocycles. The van der Waals surface area contributed by atoms with E-state index in [0.29, 0.717) is 61.8 Å². The average molecular weight is 715 g/mol. The van der Waals surface area contributed by atoms with E-state index >= 15 is 4.39 Å². The molecule has 2 fully saturated rings. The van der Waals surface area contributed by atoms with Crippen LogP contribution in [0.4, 0.5) is 33.5 Å². The van der Waals surface area contributed by atoms with Gasteiger partial charge in [0.05, 0.1) is 47.4 Å². The van der Waals surface area contributed by atoms with Crippen LogP contribution >= 0.6 is 0 Å². The number of hydrogen-bond donors (Lipinski definition) is 1. The highest BCUT2D eigenvalue weighted by atomic mass is 19.4. The van der Waals surface area contributed by atoms with Gasteiger partial charge in [-0.3, -0.25) is 14.4 Å². The standard InChI is InChI=1S/C35H39F5N8O3/c1-4-7-20-12-24(41)30(37)28(29(20)35(38,39)40)27-14-25-23(18-50-27)31(43-33(42-25)51-19-34-8-5-10-47(34)16-21(36)15-34)46-9-6-11-48-22(17-46)13-26(44-48)32(49)45(2)3/h12-13,21,27H,5-6,8-11,14-19,41H2,1-3H3/t21-,27+,34+/m1/s1. The van der Waals surface area contributed by atoms with Gasteiger partial charge in [-0.25, -0.2) is 8.78 Å². The fourth-order valence-electron chi connectivity index (χ4n) is 7.91. The van der Waals surface area contributed by atoms with Crippen LogP contribution in [0.2, 0.25) is 0 Å². The van der Waals surface area contributed by atoms with Gasteiger partial charge in [-0.15, -0.1) is 5.92 Å². The number of anilines is 2. The molecule has 0 saturated carbocycles. The first-order valence-electron chi connectivity index (χ1n) is 17.0. The molecule has 0 radical (unpaired) electrons. The third-order valence-electron chi connectivity index (χ3n) is 10.2. The zero-order valence-electron chi connectivity index (χ0n) is 28.6. The van der Waals surface area contributed by atoms with Crippen molar-refractivity contribution in [2.45, 2.75) is 82.7 Å². The number of nitrogens with two attached hydrogens (primary N) is 1. The minimum absolute atomic E-state index is 0.0178. The van der Waals surface area contributed by atoms with E-state index < -0.39 is 52.2 Å². The van der Waals surface area contributed by atoms with E-state index in [9.17, 15) is 22.4 Å². The molecule has 2 saturated heterocycles. The number of fused-ring (bicyclic) bond motifs is 3. The van der Waals surface area contributed by atoms with Crippen LogP contribution in [-0.4, -0.2) is 87.5 Å². The maximum Gasteiger partial charge on any atom is 0.418 e. The number of carbonyl (C=O) groups excluding carboxylic acids is 1. The van der Waals surface area contributed by atoms with E-state index in [1.807, 2.05) is 4.90 Å². The molecule has 3 atom stereocenters. The number of nitrogens with zero attached hydrogens (tertiary/aromatic N) is 7. The average Bonchev–Trinajstić information content (AvgIpc) is 3.70. The summed E-state index contributed by atoms with van der Waals surface area (Å²) in [6.45, 7) is 3.76. The smallest absolute Gasteiger partial charge is 0.418 e. The van der Waals surface area contributed by atoms with Gasteiger partial charge in [0.25, 0.3) is 5.91 Å². The van der Waals surface area contributed by atoms with E-state index in [1.54, 1.807) is 24.8 Å². The van der Waals surface area contributed by atoms with E-state index in [1.165, 1.54) is 11.8 Å².